The minimum absolute atomic E-state index is 0.310. The van der Waals surface area contributed by atoms with Crippen molar-refractivity contribution in [2.75, 3.05) is 33.4 Å². The van der Waals surface area contributed by atoms with Crippen LogP contribution in [0.4, 0.5) is 0 Å². The smallest absolute Gasteiger partial charge is 0.314 e. The van der Waals surface area contributed by atoms with E-state index in [9.17, 15) is 9.90 Å². The van der Waals surface area contributed by atoms with Gasteiger partial charge in [0, 0.05) is 0 Å². The first kappa shape index (κ1) is 9.93. The zero-order chi connectivity index (χ0) is 10.2. The van der Waals surface area contributed by atoms with Gasteiger partial charge in [-0.05, 0) is 38.9 Å². The van der Waals surface area contributed by atoms with Gasteiger partial charge in [0.1, 0.15) is 5.41 Å². The Kier molecular flexibility index (Phi) is 2.49. The number of carboxylic acids is 1. The van der Waals surface area contributed by atoms with E-state index in [1.54, 1.807) is 0 Å². The fourth-order valence-corrected chi connectivity index (χ4v) is 2.42. The maximum atomic E-state index is 11.2. The second kappa shape index (κ2) is 3.51. The number of hydrogen-bond donors (Lipinski definition) is 1. The van der Waals surface area contributed by atoms with Crippen LogP contribution >= 0.6 is 0 Å². The molecular weight excluding hydrogens is 182 g/mol. The molecule has 0 aromatic rings. The van der Waals surface area contributed by atoms with E-state index in [0.29, 0.717) is 19.1 Å². The average molecular weight is 199 g/mol. The van der Waals surface area contributed by atoms with Crippen molar-refractivity contribution in [1.29, 1.82) is 0 Å². The SMILES string of the molecule is CN1CCC(C2(C(=O)O)COC2)CC1. The highest BCUT2D eigenvalue weighted by atomic mass is 16.5. The van der Waals surface area contributed by atoms with Gasteiger partial charge in [-0.15, -0.1) is 0 Å². The van der Waals surface area contributed by atoms with Crippen molar-refractivity contribution in [2.24, 2.45) is 11.3 Å². The number of hydrogen-bond acceptors (Lipinski definition) is 3. The topological polar surface area (TPSA) is 49.8 Å². The highest BCUT2D eigenvalue weighted by Gasteiger charge is 2.52. The van der Waals surface area contributed by atoms with E-state index < -0.39 is 11.4 Å². The quantitative estimate of drug-likeness (QED) is 0.700. The van der Waals surface area contributed by atoms with Gasteiger partial charge < -0.3 is 14.7 Å². The predicted molar refractivity (Wildman–Crippen MR) is 51.1 cm³/mol. The van der Waals surface area contributed by atoms with Gasteiger partial charge in [0.15, 0.2) is 0 Å². The second-order valence-electron chi connectivity index (χ2n) is 4.53. The third-order valence-electron chi connectivity index (χ3n) is 3.65. The van der Waals surface area contributed by atoms with Crippen LogP contribution < -0.4 is 0 Å². The lowest BCUT2D eigenvalue weighted by atomic mass is 9.69. The number of ether oxygens (including phenoxy) is 1. The molecule has 0 radical (unpaired) electrons. The minimum Gasteiger partial charge on any atom is -0.481 e. The summed E-state index contributed by atoms with van der Waals surface area (Å²) in [5.41, 5.74) is -0.554. The summed E-state index contributed by atoms with van der Waals surface area (Å²) >= 11 is 0. The van der Waals surface area contributed by atoms with Crippen LogP contribution in [-0.2, 0) is 9.53 Å². The van der Waals surface area contributed by atoms with Crippen LogP contribution in [0.15, 0.2) is 0 Å². The van der Waals surface area contributed by atoms with Crippen LogP contribution in [0.25, 0.3) is 0 Å². The third kappa shape index (κ3) is 1.42. The van der Waals surface area contributed by atoms with Crippen molar-refractivity contribution in [1.82, 2.24) is 4.90 Å². The molecule has 0 aromatic heterocycles. The average Bonchev–Trinajstić information content (AvgIpc) is 2.05. The number of piperidine rings is 1. The van der Waals surface area contributed by atoms with E-state index in [2.05, 4.69) is 11.9 Å². The summed E-state index contributed by atoms with van der Waals surface area (Å²) in [7, 11) is 2.08. The molecule has 4 nitrogen and oxygen atoms in total. The molecule has 80 valence electrons. The van der Waals surface area contributed by atoms with Crippen molar-refractivity contribution in [3.63, 3.8) is 0 Å². The highest BCUT2D eigenvalue weighted by molar-refractivity contribution is 5.76. The monoisotopic (exact) mass is 199 g/mol. The first-order valence-corrected chi connectivity index (χ1v) is 5.15. The van der Waals surface area contributed by atoms with E-state index in [1.165, 1.54) is 0 Å². The van der Waals surface area contributed by atoms with Gasteiger partial charge in [0.05, 0.1) is 13.2 Å². The lowest BCUT2D eigenvalue weighted by molar-refractivity contribution is -0.195. The van der Waals surface area contributed by atoms with Crippen molar-refractivity contribution < 1.29 is 14.6 Å². The molecule has 0 aromatic carbocycles. The van der Waals surface area contributed by atoms with E-state index >= 15 is 0 Å². The molecule has 1 N–H and O–H groups in total. The number of carbonyl (C=O) groups is 1. The maximum Gasteiger partial charge on any atom is 0.314 e. The maximum absolute atomic E-state index is 11.2. The zero-order valence-corrected chi connectivity index (χ0v) is 8.53. The van der Waals surface area contributed by atoms with Crippen LogP contribution in [0.2, 0.25) is 0 Å². The molecule has 0 unspecified atom stereocenters. The van der Waals surface area contributed by atoms with E-state index in [4.69, 9.17) is 4.74 Å². The molecule has 0 saturated carbocycles. The molecule has 2 heterocycles. The summed E-state index contributed by atoms with van der Waals surface area (Å²) < 4.78 is 5.09. The molecule has 2 fully saturated rings. The number of nitrogens with zero attached hydrogens (tertiary/aromatic N) is 1. The van der Waals surface area contributed by atoms with Gasteiger partial charge in [-0.3, -0.25) is 4.79 Å². The number of carboxylic acid groups (broad SMARTS) is 1. The first-order valence-electron chi connectivity index (χ1n) is 5.15. The summed E-state index contributed by atoms with van der Waals surface area (Å²) in [5, 5.41) is 9.21. The van der Waals surface area contributed by atoms with E-state index in [1.807, 2.05) is 0 Å². The normalized spacial score (nSPS) is 28.4. The van der Waals surface area contributed by atoms with Crippen molar-refractivity contribution in [3.05, 3.63) is 0 Å². The summed E-state index contributed by atoms with van der Waals surface area (Å²) in [5.74, 6) is -0.358. The van der Waals surface area contributed by atoms with Gasteiger partial charge in [-0.2, -0.15) is 0 Å². The fourth-order valence-electron chi connectivity index (χ4n) is 2.42. The molecule has 0 atom stereocenters. The summed E-state index contributed by atoms with van der Waals surface area (Å²) in [6.07, 6.45) is 1.98. The minimum atomic E-state index is -0.668. The van der Waals surface area contributed by atoms with Crippen LogP contribution in [-0.4, -0.2) is 49.3 Å². The lowest BCUT2D eigenvalue weighted by Gasteiger charge is -2.46. The van der Waals surface area contributed by atoms with Gasteiger partial charge in [-0.25, -0.2) is 0 Å². The summed E-state index contributed by atoms with van der Waals surface area (Å²) in [4.78, 5) is 13.4. The standard InChI is InChI=1S/C10H17NO3/c1-11-4-2-8(3-5-11)10(9(12)13)6-14-7-10/h8H,2-7H2,1H3,(H,12,13). The van der Waals surface area contributed by atoms with Gasteiger partial charge >= 0.3 is 5.97 Å². The highest BCUT2D eigenvalue weighted by Crippen LogP contribution is 2.41. The van der Waals surface area contributed by atoms with Crippen LogP contribution in [0, 0.1) is 11.3 Å². The Hall–Kier alpha value is -0.610. The zero-order valence-electron chi connectivity index (χ0n) is 8.53. The largest absolute Gasteiger partial charge is 0.481 e. The Labute approximate surface area is 83.8 Å². The molecule has 14 heavy (non-hydrogen) atoms. The Morgan fingerprint density at radius 1 is 1.43 bits per heavy atom. The van der Waals surface area contributed by atoms with Crippen molar-refractivity contribution in [2.45, 2.75) is 12.8 Å². The first-order chi connectivity index (χ1) is 6.65. The Balaban J connectivity index is 2.02. The van der Waals surface area contributed by atoms with Crippen molar-refractivity contribution in [3.8, 4) is 0 Å². The Morgan fingerprint density at radius 3 is 2.36 bits per heavy atom. The fraction of sp³-hybridized carbons (Fsp3) is 0.900. The Morgan fingerprint density at radius 2 is 2.00 bits per heavy atom. The van der Waals surface area contributed by atoms with E-state index in [-0.39, 0.29) is 0 Å². The Bertz CT molecular complexity index is 230. The number of rotatable bonds is 2. The summed E-state index contributed by atoms with van der Waals surface area (Å²) in [6.45, 7) is 2.85. The predicted octanol–water partition coefficient (Wildman–Crippen LogP) is 0.429. The van der Waals surface area contributed by atoms with Crippen molar-refractivity contribution >= 4 is 5.97 Å². The number of likely N-dealkylation sites (tertiary alicyclic amines) is 1. The van der Waals surface area contributed by atoms with Gasteiger partial charge in [0.25, 0.3) is 0 Å². The molecular formula is C10H17NO3. The lowest BCUT2D eigenvalue weighted by Crippen LogP contribution is -2.56. The summed E-state index contributed by atoms with van der Waals surface area (Å²) in [6, 6.07) is 0. The molecule has 0 spiro atoms. The third-order valence-corrected chi connectivity index (χ3v) is 3.65. The molecule has 4 heteroatoms. The number of aliphatic carboxylic acids is 1. The molecule has 0 amide bonds. The molecule has 2 aliphatic heterocycles. The van der Waals surface area contributed by atoms with Gasteiger partial charge in [0.2, 0.25) is 0 Å². The molecule has 0 aliphatic carbocycles. The van der Waals surface area contributed by atoms with Crippen LogP contribution in [0.5, 0.6) is 0 Å². The molecule has 2 aliphatic rings. The van der Waals surface area contributed by atoms with Crippen LogP contribution in [0.1, 0.15) is 12.8 Å². The van der Waals surface area contributed by atoms with E-state index in [0.717, 1.165) is 25.9 Å². The van der Waals surface area contributed by atoms with Gasteiger partial charge in [-0.1, -0.05) is 0 Å². The van der Waals surface area contributed by atoms with Crippen LogP contribution in [0.3, 0.4) is 0 Å². The second-order valence-corrected chi connectivity index (χ2v) is 4.53. The molecule has 0 bridgehead atoms. The molecule has 2 rings (SSSR count). The molecule has 2 saturated heterocycles.